The molecule has 1 saturated carbocycles. The maximum atomic E-state index is 13.2. The summed E-state index contributed by atoms with van der Waals surface area (Å²) in [7, 11) is 0. The standard InChI is InChI=1S/C18H17ClFN3O2S/c19-13-8-11(20)4-5-12(13)17(25)23-7-6-14-15(9-23)26-18(21-14)22-16(24)10-2-1-3-10/h4-5,8,10H,1-3,6-7,9H2,(H,21,22,24). The molecule has 2 amide bonds. The van der Waals surface area contributed by atoms with Gasteiger partial charge in [0.1, 0.15) is 5.82 Å². The Hall–Kier alpha value is -1.99. The Labute approximate surface area is 159 Å². The highest BCUT2D eigenvalue weighted by molar-refractivity contribution is 7.15. The minimum atomic E-state index is -0.471. The number of rotatable bonds is 3. The normalized spacial score (nSPS) is 16.8. The van der Waals surface area contributed by atoms with Crippen molar-refractivity contribution < 1.29 is 14.0 Å². The van der Waals surface area contributed by atoms with Crippen LogP contribution in [0.5, 0.6) is 0 Å². The average Bonchev–Trinajstić information content (AvgIpc) is 2.93. The van der Waals surface area contributed by atoms with Gasteiger partial charge in [0.25, 0.3) is 5.91 Å². The summed E-state index contributed by atoms with van der Waals surface area (Å²) in [5, 5.41) is 3.60. The largest absolute Gasteiger partial charge is 0.333 e. The quantitative estimate of drug-likeness (QED) is 0.860. The molecule has 1 aliphatic heterocycles. The molecule has 136 valence electrons. The second-order valence-corrected chi connectivity index (χ2v) is 8.10. The predicted octanol–water partition coefficient (Wildman–Crippen LogP) is 3.87. The van der Waals surface area contributed by atoms with Crippen molar-refractivity contribution >= 4 is 39.9 Å². The zero-order chi connectivity index (χ0) is 18.3. The van der Waals surface area contributed by atoms with Gasteiger partial charge in [-0.15, -0.1) is 0 Å². The third kappa shape index (κ3) is 3.33. The molecule has 0 saturated heterocycles. The lowest BCUT2D eigenvalue weighted by molar-refractivity contribution is -0.122. The minimum absolute atomic E-state index is 0.0355. The number of amides is 2. The van der Waals surface area contributed by atoms with E-state index in [1.54, 1.807) is 4.90 Å². The van der Waals surface area contributed by atoms with Gasteiger partial charge in [0.05, 0.1) is 22.8 Å². The Morgan fingerprint density at radius 2 is 2.15 bits per heavy atom. The lowest BCUT2D eigenvalue weighted by atomic mass is 9.85. The van der Waals surface area contributed by atoms with Gasteiger partial charge in [0, 0.05) is 23.8 Å². The van der Waals surface area contributed by atoms with E-state index in [0.717, 1.165) is 35.9 Å². The molecule has 1 aromatic heterocycles. The smallest absolute Gasteiger partial charge is 0.255 e. The molecule has 1 N–H and O–H groups in total. The number of nitrogens with zero attached hydrogens (tertiary/aromatic N) is 2. The Morgan fingerprint density at radius 3 is 2.85 bits per heavy atom. The monoisotopic (exact) mass is 393 g/mol. The fraction of sp³-hybridized carbons (Fsp3) is 0.389. The van der Waals surface area contributed by atoms with E-state index in [1.165, 1.54) is 23.5 Å². The second kappa shape index (κ2) is 6.96. The van der Waals surface area contributed by atoms with Crippen LogP contribution in [-0.2, 0) is 17.8 Å². The van der Waals surface area contributed by atoms with Crippen molar-refractivity contribution in [3.63, 3.8) is 0 Å². The van der Waals surface area contributed by atoms with Gasteiger partial charge < -0.3 is 10.2 Å². The number of benzene rings is 1. The molecule has 8 heteroatoms. The van der Waals surface area contributed by atoms with Crippen molar-refractivity contribution in [1.82, 2.24) is 9.88 Å². The van der Waals surface area contributed by atoms with Gasteiger partial charge in [-0.2, -0.15) is 0 Å². The Balaban J connectivity index is 1.47. The molecule has 1 fully saturated rings. The molecule has 2 aromatic rings. The Bertz CT molecular complexity index is 881. The second-order valence-electron chi connectivity index (χ2n) is 6.61. The number of halogens is 2. The van der Waals surface area contributed by atoms with Gasteiger partial charge in [-0.3, -0.25) is 9.59 Å². The number of nitrogens with one attached hydrogen (secondary N) is 1. The fourth-order valence-electron chi connectivity index (χ4n) is 3.13. The van der Waals surface area contributed by atoms with Crippen LogP contribution in [0.2, 0.25) is 5.02 Å². The fourth-order valence-corrected chi connectivity index (χ4v) is 4.41. The summed E-state index contributed by atoms with van der Waals surface area (Å²) in [6.45, 7) is 0.929. The Morgan fingerprint density at radius 1 is 1.35 bits per heavy atom. The van der Waals surface area contributed by atoms with Crippen molar-refractivity contribution in [2.24, 2.45) is 5.92 Å². The van der Waals surface area contributed by atoms with Crippen LogP contribution in [0.3, 0.4) is 0 Å². The number of carbonyl (C=O) groups excluding carboxylic acids is 2. The number of fused-ring (bicyclic) bond motifs is 1. The maximum Gasteiger partial charge on any atom is 0.255 e. The molecule has 0 radical (unpaired) electrons. The van der Waals surface area contributed by atoms with E-state index in [1.807, 2.05) is 0 Å². The van der Waals surface area contributed by atoms with Gasteiger partial charge in [0.2, 0.25) is 5.91 Å². The predicted molar refractivity (Wildman–Crippen MR) is 97.9 cm³/mol. The number of hydrogen-bond acceptors (Lipinski definition) is 4. The molecule has 5 nitrogen and oxygen atoms in total. The van der Waals surface area contributed by atoms with E-state index < -0.39 is 5.82 Å². The van der Waals surface area contributed by atoms with Crippen LogP contribution in [0.15, 0.2) is 18.2 Å². The highest BCUT2D eigenvalue weighted by Gasteiger charge is 2.29. The molecule has 0 spiro atoms. The third-order valence-electron chi connectivity index (χ3n) is 4.89. The van der Waals surface area contributed by atoms with Gasteiger partial charge in [-0.25, -0.2) is 9.37 Å². The third-order valence-corrected chi connectivity index (χ3v) is 6.20. The molecular weight excluding hydrogens is 377 g/mol. The van der Waals surface area contributed by atoms with E-state index >= 15 is 0 Å². The van der Waals surface area contributed by atoms with E-state index in [4.69, 9.17) is 11.6 Å². The zero-order valence-electron chi connectivity index (χ0n) is 13.9. The van der Waals surface area contributed by atoms with Crippen LogP contribution in [0, 0.1) is 11.7 Å². The molecule has 2 aliphatic rings. The number of thiazole rings is 1. The van der Waals surface area contributed by atoms with Crippen molar-refractivity contribution in [1.29, 1.82) is 0 Å². The molecule has 1 aliphatic carbocycles. The molecule has 2 heterocycles. The Kier molecular flexibility index (Phi) is 4.67. The minimum Gasteiger partial charge on any atom is -0.333 e. The molecule has 0 bridgehead atoms. The van der Waals surface area contributed by atoms with Gasteiger partial charge in [-0.1, -0.05) is 29.4 Å². The molecule has 4 rings (SSSR count). The van der Waals surface area contributed by atoms with Gasteiger partial charge >= 0.3 is 0 Å². The molecule has 1 aromatic carbocycles. The van der Waals surface area contributed by atoms with Crippen molar-refractivity contribution in [2.75, 3.05) is 11.9 Å². The summed E-state index contributed by atoms with van der Waals surface area (Å²) >= 11 is 7.42. The lowest BCUT2D eigenvalue weighted by Gasteiger charge is -2.26. The van der Waals surface area contributed by atoms with Crippen LogP contribution in [0.4, 0.5) is 9.52 Å². The van der Waals surface area contributed by atoms with Gasteiger partial charge in [-0.05, 0) is 31.0 Å². The SMILES string of the molecule is O=C(Nc1nc2c(s1)CN(C(=O)c1ccc(F)cc1Cl)CC2)C1CCC1. The highest BCUT2D eigenvalue weighted by Crippen LogP contribution is 2.32. The van der Waals surface area contributed by atoms with Crippen LogP contribution < -0.4 is 5.32 Å². The summed E-state index contributed by atoms with van der Waals surface area (Å²) in [5.41, 5.74) is 1.22. The van der Waals surface area contributed by atoms with E-state index in [0.29, 0.717) is 30.2 Å². The summed E-state index contributed by atoms with van der Waals surface area (Å²) in [6.07, 6.45) is 3.61. The number of hydrogen-bond donors (Lipinski definition) is 1. The highest BCUT2D eigenvalue weighted by atomic mass is 35.5. The molecule has 26 heavy (non-hydrogen) atoms. The summed E-state index contributed by atoms with van der Waals surface area (Å²) in [4.78, 5) is 31.9. The maximum absolute atomic E-state index is 13.2. The van der Waals surface area contributed by atoms with Gasteiger partial charge in [0.15, 0.2) is 5.13 Å². The first-order valence-electron chi connectivity index (χ1n) is 8.55. The summed E-state index contributed by atoms with van der Waals surface area (Å²) in [6, 6.07) is 3.78. The average molecular weight is 394 g/mol. The molecule has 0 unspecified atom stereocenters. The van der Waals surface area contributed by atoms with Crippen molar-refractivity contribution in [2.45, 2.75) is 32.2 Å². The molecule has 0 atom stereocenters. The number of aromatic nitrogens is 1. The first kappa shape index (κ1) is 17.4. The zero-order valence-corrected chi connectivity index (χ0v) is 15.5. The first-order chi connectivity index (χ1) is 12.5. The van der Waals surface area contributed by atoms with Crippen molar-refractivity contribution in [3.8, 4) is 0 Å². The lowest BCUT2D eigenvalue weighted by Crippen LogP contribution is -2.35. The van der Waals surface area contributed by atoms with Crippen LogP contribution in [0.1, 0.15) is 40.2 Å². The topological polar surface area (TPSA) is 62.3 Å². The summed E-state index contributed by atoms with van der Waals surface area (Å²) in [5.74, 6) is -0.557. The van der Waals surface area contributed by atoms with E-state index in [2.05, 4.69) is 10.3 Å². The first-order valence-corrected chi connectivity index (χ1v) is 9.74. The number of carbonyl (C=O) groups is 2. The van der Waals surface area contributed by atoms with Crippen LogP contribution >= 0.6 is 22.9 Å². The van der Waals surface area contributed by atoms with Crippen LogP contribution in [-0.4, -0.2) is 28.2 Å². The molecular formula is C18H17ClFN3O2S. The van der Waals surface area contributed by atoms with Crippen molar-refractivity contribution in [3.05, 3.63) is 45.2 Å². The van der Waals surface area contributed by atoms with Crippen LogP contribution in [0.25, 0.3) is 0 Å². The van der Waals surface area contributed by atoms with E-state index in [9.17, 15) is 14.0 Å². The number of anilines is 1. The van der Waals surface area contributed by atoms with E-state index in [-0.39, 0.29) is 22.8 Å². The summed E-state index contributed by atoms with van der Waals surface area (Å²) < 4.78 is 13.2.